The average molecular weight is 402 g/mol. The second kappa shape index (κ2) is 7.57. The van der Waals surface area contributed by atoms with Crippen molar-refractivity contribution in [3.63, 3.8) is 0 Å². The van der Waals surface area contributed by atoms with Crippen LogP contribution < -0.4 is 0 Å². The molecule has 4 nitrogen and oxygen atoms in total. The van der Waals surface area contributed by atoms with Gasteiger partial charge in [0.15, 0.2) is 4.90 Å². The minimum absolute atomic E-state index is 0.00324. The second-order valence-corrected chi connectivity index (χ2v) is 8.21. The third kappa shape index (κ3) is 3.85. The molecule has 27 heavy (non-hydrogen) atoms. The van der Waals surface area contributed by atoms with Gasteiger partial charge in [0.25, 0.3) is 0 Å². The Morgan fingerprint density at radius 1 is 0.889 bits per heavy atom. The van der Waals surface area contributed by atoms with Gasteiger partial charge in [-0.05, 0) is 25.1 Å². The molecule has 1 unspecified atom stereocenters. The Morgan fingerprint density at radius 3 is 2.04 bits per heavy atom. The standard InChI is InChI=1S/C18H18F4N2O2S/c1-12(14-6-5-13(19)11-17(14)22)23-7-9-24(10-8-23)27(25,26)18-15(20)3-2-4-16(18)21/h2-6,11-12H,7-10H2,1H3. The van der Waals surface area contributed by atoms with E-state index in [0.717, 1.165) is 34.6 Å². The van der Waals surface area contributed by atoms with Crippen LogP contribution in [0.25, 0.3) is 0 Å². The van der Waals surface area contributed by atoms with Gasteiger partial charge in [-0.2, -0.15) is 4.31 Å². The van der Waals surface area contributed by atoms with Crippen molar-refractivity contribution in [2.24, 2.45) is 0 Å². The van der Waals surface area contributed by atoms with Crippen molar-refractivity contribution in [1.29, 1.82) is 0 Å². The van der Waals surface area contributed by atoms with Gasteiger partial charge in [-0.15, -0.1) is 0 Å². The van der Waals surface area contributed by atoms with E-state index in [0.29, 0.717) is 5.56 Å². The Morgan fingerprint density at radius 2 is 1.48 bits per heavy atom. The Kier molecular flexibility index (Phi) is 5.55. The van der Waals surface area contributed by atoms with Gasteiger partial charge in [0.2, 0.25) is 10.0 Å². The van der Waals surface area contributed by atoms with E-state index in [1.54, 1.807) is 6.92 Å². The van der Waals surface area contributed by atoms with Crippen molar-refractivity contribution in [3.8, 4) is 0 Å². The fraction of sp³-hybridized carbons (Fsp3) is 0.333. The highest BCUT2D eigenvalue weighted by atomic mass is 32.2. The second-order valence-electron chi connectivity index (χ2n) is 6.33. The van der Waals surface area contributed by atoms with Gasteiger partial charge in [0, 0.05) is 43.9 Å². The molecule has 0 aliphatic carbocycles. The molecule has 1 saturated heterocycles. The zero-order valence-corrected chi connectivity index (χ0v) is 15.3. The molecule has 0 aromatic heterocycles. The predicted octanol–water partition coefficient (Wildman–Crippen LogP) is 3.31. The molecule has 1 heterocycles. The number of nitrogens with zero attached hydrogens (tertiary/aromatic N) is 2. The lowest BCUT2D eigenvalue weighted by molar-refractivity contribution is 0.143. The van der Waals surface area contributed by atoms with E-state index >= 15 is 0 Å². The SMILES string of the molecule is CC(c1ccc(F)cc1F)N1CCN(S(=O)(=O)c2c(F)cccc2F)CC1. The molecule has 2 aromatic rings. The number of sulfonamides is 1. The molecule has 1 fully saturated rings. The molecule has 0 bridgehead atoms. The largest absolute Gasteiger partial charge is 0.294 e. The molecular formula is C18H18F4N2O2S. The maximum atomic E-state index is 14.0. The lowest BCUT2D eigenvalue weighted by Crippen LogP contribution is -2.49. The molecule has 0 amide bonds. The minimum atomic E-state index is -4.32. The number of rotatable bonds is 4. The molecule has 1 aliphatic rings. The van der Waals surface area contributed by atoms with Crippen molar-refractivity contribution in [2.45, 2.75) is 17.9 Å². The van der Waals surface area contributed by atoms with Crippen LogP contribution in [0.1, 0.15) is 18.5 Å². The van der Waals surface area contributed by atoms with Gasteiger partial charge in [0.1, 0.15) is 23.3 Å². The molecule has 0 spiro atoms. The third-order valence-electron chi connectivity index (χ3n) is 4.75. The fourth-order valence-corrected chi connectivity index (χ4v) is 4.76. The van der Waals surface area contributed by atoms with Crippen LogP contribution in [0.5, 0.6) is 0 Å². The van der Waals surface area contributed by atoms with Gasteiger partial charge in [-0.25, -0.2) is 26.0 Å². The van der Waals surface area contributed by atoms with Crippen LogP contribution >= 0.6 is 0 Å². The third-order valence-corrected chi connectivity index (χ3v) is 6.70. The summed E-state index contributed by atoms with van der Waals surface area (Å²) < 4.78 is 81.0. The summed E-state index contributed by atoms with van der Waals surface area (Å²) in [6, 6.07) is 5.80. The molecule has 0 radical (unpaired) electrons. The van der Waals surface area contributed by atoms with Crippen LogP contribution in [0, 0.1) is 23.3 Å². The molecule has 2 aromatic carbocycles. The zero-order chi connectivity index (χ0) is 19.8. The summed E-state index contributed by atoms with van der Waals surface area (Å²) in [6.07, 6.45) is 0. The molecule has 1 aliphatic heterocycles. The van der Waals surface area contributed by atoms with Crippen molar-refractivity contribution in [3.05, 3.63) is 65.2 Å². The van der Waals surface area contributed by atoms with E-state index in [1.165, 1.54) is 6.07 Å². The van der Waals surface area contributed by atoms with E-state index < -0.39 is 44.2 Å². The summed E-state index contributed by atoms with van der Waals surface area (Å²) in [4.78, 5) is 0.871. The first-order valence-corrected chi connectivity index (χ1v) is 9.79. The van der Waals surface area contributed by atoms with E-state index in [4.69, 9.17) is 0 Å². The number of hydrogen-bond donors (Lipinski definition) is 0. The number of halogens is 4. The molecule has 0 saturated carbocycles. The Hall–Kier alpha value is -1.97. The molecular weight excluding hydrogens is 384 g/mol. The summed E-state index contributed by atoms with van der Waals surface area (Å²) in [5.74, 6) is -3.63. The Balaban J connectivity index is 1.75. The van der Waals surface area contributed by atoms with Crippen LogP contribution in [0.2, 0.25) is 0 Å². The van der Waals surface area contributed by atoms with Gasteiger partial charge in [0.05, 0.1) is 0 Å². The van der Waals surface area contributed by atoms with Crippen molar-refractivity contribution in [2.75, 3.05) is 26.2 Å². The summed E-state index contributed by atoms with van der Waals surface area (Å²) in [5.41, 5.74) is 0.299. The van der Waals surface area contributed by atoms with Crippen LogP contribution in [0.4, 0.5) is 17.6 Å². The fourth-order valence-electron chi connectivity index (χ4n) is 3.23. The van der Waals surface area contributed by atoms with Gasteiger partial charge in [-0.1, -0.05) is 12.1 Å². The van der Waals surface area contributed by atoms with Crippen LogP contribution in [0.3, 0.4) is 0 Å². The maximum Gasteiger partial charge on any atom is 0.249 e. The summed E-state index contributed by atoms with van der Waals surface area (Å²) in [6.45, 7) is 2.23. The first-order chi connectivity index (χ1) is 12.7. The quantitative estimate of drug-likeness (QED) is 0.737. The Bertz CT molecular complexity index is 924. The van der Waals surface area contributed by atoms with Crippen LogP contribution in [-0.4, -0.2) is 43.8 Å². The zero-order valence-electron chi connectivity index (χ0n) is 14.5. The van der Waals surface area contributed by atoms with Crippen molar-refractivity contribution < 1.29 is 26.0 Å². The van der Waals surface area contributed by atoms with Crippen LogP contribution in [-0.2, 0) is 10.0 Å². The summed E-state index contributed by atoms with van der Waals surface area (Å²) in [7, 11) is -4.32. The van der Waals surface area contributed by atoms with Crippen LogP contribution in [0.15, 0.2) is 41.3 Å². The Labute approximate surface area is 155 Å². The van der Waals surface area contributed by atoms with E-state index in [2.05, 4.69) is 0 Å². The number of benzene rings is 2. The first-order valence-electron chi connectivity index (χ1n) is 8.35. The predicted molar refractivity (Wildman–Crippen MR) is 91.5 cm³/mol. The smallest absolute Gasteiger partial charge is 0.249 e. The van der Waals surface area contributed by atoms with E-state index in [9.17, 15) is 26.0 Å². The van der Waals surface area contributed by atoms with Gasteiger partial charge < -0.3 is 0 Å². The molecule has 146 valence electrons. The van der Waals surface area contributed by atoms with Gasteiger partial charge >= 0.3 is 0 Å². The number of hydrogen-bond acceptors (Lipinski definition) is 3. The monoisotopic (exact) mass is 402 g/mol. The maximum absolute atomic E-state index is 14.0. The normalized spacial score (nSPS) is 17.8. The summed E-state index contributed by atoms with van der Waals surface area (Å²) in [5, 5.41) is 0. The highest BCUT2D eigenvalue weighted by molar-refractivity contribution is 7.89. The molecule has 3 rings (SSSR count). The topological polar surface area (TPSA) is 40.6 Å². The molecule has 1 atom stereocenters. The highest BCUT2D eigenvalue weighted by Gasteiger charge is 2.34. The van der Waals surface area contributed by atoms with E-state index in [1.807, 2.05) is 4.90 Å². The molecule has 0 N–H and O–H groups in total. The van der Waals surface area contributed by atoms with E-state index in [-0.39, 0.29) is 26.2 Å². The van der Waals surface area contributed by atoms with Gasteiger partial charge in [-0.3, -0.25) is 4.90 Å². The lowest BCUT2D eigenvalue weighted by atomic mass is 10.1. The highest BCUT2D eigenvalue weighted by Crippen LogP contribution is 2.27. The summed E-state index contributed by atoms with van der Waals surface area (Å²) >= 11 is 0. The molecule has 9 heteroatoms. The average Bonchev–Trinajstić information content (AvgIpc) is 2.61. The number of piperazine rings is 1. The van der Waals surface area contributed by atoms with Crippen molar-refractivity contribution in [1.82, 2.24) is 9.21 Å². The van der Waals surface area contributed by atoms with Crippen molar-refractivity contribution >= 4 is 10.0 Å². The first kappa shape index (κ1) is 19.8. The minimum Gasteiger partial charge on any atom is -0.294 e. The lowest BCUT2D eigenvalue weighted by Gasteiger charge is -2.37.